The SMILES string of the molecule is CCn1c(SCC(=O)NCc2cc(OC)c(OC)c(OC)c2)nnc1-c1cccs1. The number of hydrogen-bond acceptors (Lipinski definition) is 8. The highest BCUT2D eigenvalue weighted by Crippen LogP contribution is 2.38. The van der Waals surface area contributed by atoms with Gasteiger partial charge in [0, 0.05) is 13.1 Å². The minimum atomic E-state index is -0.0999. The molecular formula is C20H24N4O4S2. The lowest BCUT2D eigenvalue weighted by Crippen LogP contribution is -2.24. The molecule has 3 rings (SSSR count). The lowest BCUT2D eigenvalue weighted by molar-refractivity contribution is -0.118. The van der Waals surface area contributed by atoms with E-state index in [1.165, 1.54) is 11.8 Å². The van der Waals surface area contributed by atoms with Gasteiger partial charge in [-0.25, -0.2) is 0 Å². The van der Waals surface area contributed by atoms with Gasteiger partial charge in [0.1, 0.15) is 0 Å². The van der Waals surface area contributed by atoms with E-state index in [-0.39, 0.29) is 11.7 Å². The summed E-state index contributed by atoms with van der Waals surface area (Å²) in [6.07, 6.45) is 0. The fourth-order valence-electron chi connectivity index (χ4n) is 2.89. The van der Waals surface area contributed by atoms with Gasteiger partial charge in [-0.05, 0) is 36.1 Å². The van der Waals surface area contributed by atoms with Crippen molar-refractivity contribution in [2.75, 3.05) is 27.1 Å². The molecule has 8 nitrogen and oxygen atoms in total. The zero-order valence-corrected chi connectivity index (χ0v) is 18.9. The van der Waals surface area contributed by atoms with Crippen molar-refractivity contribution in [3.63, 3.8) is 0 Å². The summed E-state index contributed by atoms with van der Waals surface area (Å²) in [6, 6.07) is 7.63. The van der Waals surface area contributed by atoms with Crippen molar-refractivity contribution < 1.29 is 19.0 Å². The van der Waals surface area contributed by atoms with Crippen LogP contribution >= 0.6 is 23.1 Å². The molecule has 0 fully saturated rings. The molecule has 0 aliphatic rings. The molecule has 2 aromatic heterocycles. The average molecular weight is 449 g/mol. The summed E-state index contributed by atoms with van der Waals surface area (Å²) in [5.41, 5.74) is 0.847. The Kier molecular flexibility index (Phi) is 7.58. The van der Waals surface area contributed by atoms with Crippen LogP contribution in [-0.2, 0) is 17.9 Å². The number of aromatic nitrogens is 3. The van der Waals surface area contributed by atoms with Crippen LogP contribution in [0.1, 0.15) is 12.5 Å². The van der Waals surface area contributed by atoms with E-state index < -0.39 is 0 Å². The fraction of sp³-hybridized carbons (Fsp3) is 0.350. The first kappa shape index (κ1) is 22.0. The lowest BCUT2D eigenvalue weighted by Gasteiger charge is -2.14. The minimum Gasteiger partial charge on any atom is -0.493 e. The molecule has 0 unspecified atom stereocenters. The van der Waals surface area contributed by atoms with E-state index in [0.29, 0.717) is 23.8 Å². The van der Waals surface area contributed by atoms with E-state index in [1.54, 1.807) is 32.7 Å². The zero-order valence-electron chi connectivity index (χ0n) is 17.3. The highest BCUT2D eigenvalue weighted by Gasteiger charge is 2.16. The topological polar surface area (TPSA) is 87.5 Å². The summed E-state index contributed by atoms with van der Waals surface area (Å²) in [4.78, 5) is 13.4. The molecule has 10 heteroatoms. The maximum Gasteiger partial charge on any atom is 0.230 e. The molecule has 1 aromatic carbocycles. The normalized spacial score (nSPS) is 10.7. The number of ether oxygens (including phenoxy) is 3. The highest BCUT2D eigenvalue weighted by molar-refractivity contribution is 7.99. The van der Waals surface area contributed by atoms with Gasteiger partial charge in [-0.2, -0.15) is 0 Å². The van der Waals surface area contributed by atoms with Crippen LogP contribution in [0.25, 0.3) is 10.7 Å². The molecular weight excluding hydrogens is 424 g/mol. The van der Waals surface area contributed by atoms with Crippen molar-refractivity contribution in [2.45, 2.75) is 25.2 Å². The third kappa shape index (κ3) is 4.88. The summed E-state index contributed by atoms with van der Waals surface area (Å²) >= 11 is 2.98. The van der Waals surface area contributed by atoms with Crippen LogP contribution in [-0.4, -0.2) is 47.8 Å². The monoisotopic (exact) mass is 448 g/mol. The van der Waals surface area contributed by atoms with Gasteiger partial charge in [-0.15, -0.1) is 21.5 Å². The van der Waals surface area contributed by atoms with E-state index in [1.807, 2.05) is 41.1 Å². The molecule has 160 valence electrons. The second-order valence-corrected chi connectivity index (χ2v) is 8.02. The molecule has 1 amide bonds. The molecule has 0 radical (unpaired) electrons. The quantitative estimate of drug-likeness (QED) is 0.475. The number of rotatable bonds is 10. The Morgan fingerprint density at radius 3 is 2.47 bits per heavy atom. The van der Waals surface area contributed by atoms with E-state index in [4.69, 9.17) is 14.2 Å². The molecule has 0 saturated carbocycles. The summed E-state index contributed by atoms with van der Waals surface area (Å²) in [7, 11) is 4.67. The third-order valence-electron chi connectivity index (χ3n) is 4.32. The maximum atomic E-state index is 12.4. The Hall–Kier alpha value is -2.72. The predicted molar refractivity (Wildman–Crippen MR) is 118 cm³/mol. The zero-order chi connectivity index (χ0) is 21.5. The van der Waals surface area contributed by atoms with Crippen LogP contribution in [0.3, 0.4) is 0 Å². The van der Waals surface area contributed by atoms with Crippen molar-refractivity contribution in [1.29, 1.82) is 0 Å². The van der Waals surface area contributed by atoms with Gasteiger partial charge in [0.05, 0.1) is 32.0 Å². The van der Waals surface area contributed by atoms with Gasteiger partial charge in [0.25, 0.3) is 0 Å². The second-order valence-electron chi connectivity index (χ2n) is 6.13. The number of hydrogen-bond donors (Lipinski definition) is 1. The number of thiophene rings is 1. The highest BCUT2D eigenvalue weighted by atomic mass is 32.2. The standard InChI is InChI=1S/C20H24N4O4S2/c1-5-24-19(16-7-6-8-29-16)22-23-20(24)30-12-17(25)21-11-13-9-14(26-2)18(28-4)15(10-13)27-3/h6-10H,5,11-12H2,1-4H3,(H,21,25). The summed E-state index contributed by atoms with van der Waals surface area (Å²) in [6.45, 7) is 3.11. The van der Waals surface area contributed by atoms with E-state index in [9.17, 15) is 4.79 Å². The van der Waals surface area contributed by atoms with E-state index in [2.05, 4.69) is 15.5 Å². The van der Waals surface area contributed by atoms with Crippen LogP contribution in [0.2, 0.25) is 0 Å². The smallest absolute Gasteiger partial charge is 0.230 e. The molecule has 0 saturated heterocycles. The Morgan fingerprint density at radius 2 is 1.90 bits per heavy atom. The van der Waals surface area contributed by atoms with Gasteiger partial charge < -0.3 is 24.1 Å². The van der Waals surface area contributed by atoms with E-state index in [0.717, 1.165) is 28.0 Å². The first-order valence-electron chi connectivity index (χ1n) is 9.26. The van der Waals surface area contributed by atoms with Crippen LogP contribution in [0.15, 0.2) is 34.8 Å². The van der Waals surface area contributed by atoms with E-state index >= 15 is 0 Å². The van der Waals surface area contributed by atoms with Crippen LogP contribution in [0.4, 0.5) is 0 Å². The van der Waals surface area contributed by atoms with Crippen LogP contribution in [0, 0.1) is 0 Å². The summed E-state index contributed by atoms with van der Waals surface area (Å²) in [5, 5.41) is 14.2. The molecule has 1 N–H and O–H groups in total. The molecule has 0 aliphatic heterocycles. The van der Waals surface area contributed by atoms with Crippen molar-refractivity contribution in [1.82, 2.24) is 20.1 Å². The first-order valence-corrected chi connectivity index (χ1v) is 11.1. The minimum absolute atomic E-state index is 0.0999. The van der Waals surface area contributed by atoms with Gasteiger partial charge in [0.15, 0.2) is 22.5 Å². The van der Waals surface area contributed by atoms with Gasteiger partial charge in [0.2, 0.25) is 11.7 Å². The van der Waals surface area contributed by atoms with Gasteiger partial charge in [-0.3, -0.25) is 4.79 Å². The maximum absolute atomic E-state index is 12.4. The number of nitrogens with one attached hydrogen (secondary N) is 1. The Bertz CT molecular complexity index is 964. The first-order chi connectivity index (χ1) is 14.6. The van der Waals surface area contributed by atoms with Crippen LogP contribution < -0.4 is 19.5 Å². The Morgan fingerprint density at radius 1 is 1.17 bits per heavy atom. The molecule has 0 spiro atoms. The van der Waals surface area contributed by atoms with Crippen molar-refractivity contribution in [2.24, 2.45) is 0 Å². The molecule has 0 aliphatic carbocycles. The molecule has 2 heterocycles. The number of methoxy groups -OCH3 is 3. The molecule has 0 bridgehead atoms. The largest absolute Gasteiger partial charge is 0.493 e. The number of amides is 1. The van der Waals surface area contributed by atoms with Crippen molar-refractivity contribution in [3.05, 3.63) is 35.2 Å². The number of carbonyl (C=O) groups is 1. The number of thioether (sulfide) groups is 1. The third-order valence-corrected chi connectivity index (χ3v) is 6.15. The molecule has 0 atom stereocenters. The Labute approximate surface area is 183 Å². The average Bonchev–Trinajstić information content (AvgIpc) is 3.44. The van der Waals surface area contributed by atoms with Gasteiger partial charge in [-0.1, -0.05) is 17.8 Å². The predicted octanol–water partition coefficient (Wildman–Crippen LogP) is 3.46. The number of carbonyl (C=O) groups excluding carboxylic acids is 1. The number of benzene rings is 1. The lowest BCUT2D eigenvalue weighted by atomic mass is 10.2. The van der Waals surface area contributed by atoms with Gasteiger partial charge >= 0.3 is 0 Å². The molecule has 30 heavy (non-hydrogen) atoms. The molecule has 3 aromatic rings. The van der Waals surface area contributed by atoms with Crippen molar-refractivity contribution in [3.8, 4) is 28.0 Å². The second kappa shape index (κ2) is 10.4. The fourth-order valence-corrected chi connectivity index (χ4v) is 4.44. The summed E-state index contributed by atoms with van der Waals surface area (Å²) in [5.74, 6) is 2.59. The number of nitrogens with zero attached hydrogens (tertiary/aromatic N) is 3. The Balaban J connectivity index is 1.61. The van der Waals surface area contributed by atoms with Crippen LogP contribution in [0.5, 0.6) is 17.2 Å². The van der Waals surface area contributed by atoms with Crippen molar-refractivity contribution >= 4 is 29.0 Å². The summed E-state index contributed by atoms with van der Waals surface area (Å²) < 4.78 is 18.0.